The first-order valence-electron chi connectivity index (χ1n) is 11.4. The molecular formula is C26H10F12N2O3. The van der Waals surface area contributed by atoms with Crippen molar-refractivity contribution in [2.45, 2.75) is 24.7 Å². The van der Waals surface area contributed by atoms with Crippen molar-refractivity contribution in [3.05, 3.63) is 83.6 Å². The number of halogens is 12. The van der Waals surface area contributed by atoms with E-state index in [0.717, 1.165) is 12.1 Å². The van der Waals surface area contributed by atoms with E-state index < -0.39 is 81.0 Å². The van der Waals surface area contributed by atoms with Crippen LogP contribution in [-0.2, 0) is 24.7 Å². The van der Waals surface area contributed by atoms with Crippen LogP contribution in [0.25, 0.3) is 45.6 Å². The Balaban J connectivity index is 1.58. The lowest BCUT2D eigenvalue weighted by Crippen LogP contribution is -2.11. The molecule has 3 aromatic heterocycles. The second kappa shape index (κ2) is 9.95. The Bertz CT molecular complexity index is 1590. The van der Waals surface area contributed by atoms with Crippen molar-refractivity contribution in [3.63, 3.8) is 0 Å². The van der Waals surface area contributed by atoms with Crippen molar-refractivity contribution in [3.8, 4) is 45.6 Å². The Labute approximate surface area is 230 Å². The number of benzene rings is 2. The molecule has 0 amide bonds. The first-order valence-corrected chi connectivity index (χ1v) is 11.4. The Kier molecular flexibility index (Phi) is 6.89. The minimum atomic E-state index is -5.16. The third-order valence-electron chi connectivity index (χ3n) is 5.91. The number of rotatable bonds is 4. The molecule has 0 atom stereocenters. The Hall–Kier alpha value is -4.70. The van der Waals surface area contributed by atoms with Crippen molar-refractivity contribution in [2.75, 3.05) is 0 Å². The fraction of sp³-hybridized carbons (Fsp3) is 0.154. The molecule has 0 aliphatic carbocycles. The number of nitrogens with zero attached hydrogens (tertiary/aromatic N) is 2. The summed E-state index contributed by atoms with van der Waals surface area (Å²) >= 11 is 0. The minimum Gasteiger partial charge on any atom is -0.449 e. The highest BCUT2D eigenvalue weighted by atomic mass is 19.4. The van der Waals surface area contributed by atoms with E-state index in [2.05, 4.69) is 9.97 Å². The van der Waals surface area contributed by atoms with E-state index in [1.54, 1.807) is 0 Å². The van der Waals surface area contributed by atoms with Crippen molar-refractivity contribution >= 4 is 0 Å². The molecule has 5 nitrogen and oxygen atoms in total. The number of furan rings is 1. The van der Waals surface area contributed by atoms with Crippen LogP contribution in [0.5, 0.6) is 0 Å². The summed E-state index contributed by atoms with van der Waals surface area (Å²) in [7, 11) is 0. The SMILES string of the molecule is FC(F)(F)c1cc(-c2ncoc2-c2ccc(-c3ocnc3-c3cc(C(F)(F)F)cc(C(F)(F)F)c3)o2)cc(C(F)(F)F)c1. The second-order valence-electron chi connectivity index (χ2n) is 8.81. The number of alkyl halides is 12. The molecule has 0 N–H and O–H groups in total. The predicted molar refractivity (Wildman–Crippen MR) is 121 cm³/mol. The van der Waals surface area contributed by atoms with Crippen LogP contribution in [-0.4, -0.2) is 9.97 Å². The maximum absolute atomic E-state index is 13.3. The molecule has 226 valence electrons. The smallest absolute Gasteiger partial charge is 0.416 e. The normalized spacial score (nSPS) is 13.1. The van der Waals surface area contributed by atoms with Gasteiger partial charge in [0.1, 0.15) is 11.4 Å². The highest BCUT2D eigenvalue weighted by Crippen LogP contribution is 2.43. The summed E-state index contributed by atoms with van der Waals surface area (Å²) in [5, 5.41) is 0. The van der Waals surface area contributed by atoms with Crippen molar-refractivity contribution in [1.29, 1.82) is 0 Å². The van der Waals surface area contributed by atoms with Crippen LogP contribution in [0.1, 0.15) is 22.3 Å². The summed E-state index contributed by atoms with van der Waals surface area (Å²) in [4.78, 5) is 7.40. The summed E-state index contributed by atoms with van der Waals surface area (Å²) in [6.45, 7) is 0. The molecule has 0 spiro atoms. The third-order valence-corrected chi connectivity index (χ3v) is 5.91. The van der Waals surface area contributed by atoms with Crippen molar-refractivity contribution < 1.29 is 65.9 Å². The number of hydrogen-bond donors (Lipinski definition) is 0. The molecule has 43 heavy (non-hydrogen) atoms. The zero-order valence-corrected chi connectivity index (χ0v) is 20.4. The number of hydrogen-bond acceptors (Lipinski definition) is 5. The Morgan fingerprint density at radius 2 is 0.744 bits per heavy atom. The van der Waals surface area contributed by atoms with Gasteiger partial charge in [0.25, 0.3) is 0 Å². The van der Waals surface area contributed by atoms with Crippen LogP contribution in [0.3, 0.4) is 0 Å². The summed E-state index contributed by atoms with van der Waals surface area (Å²) in [5.74, 6) is -1.57. The van der Waals surface area contributed by atoms with Gasteiger partial charge in [0.15, 0.2) is 35.8 Å². The lowest BCUT2D eigenvalue weighted by Gasteiger charge is -2.13. The van der Waals surface area contributed by atoms with Crippen LogP contribution in [0, 0.1) is 0 Å². The van der Waals surface area contributed by atoms with Gasteiger partial charge in [-0.25, -0.2) is 9.97 Å². The highest BCUT2D eigenvalue weighted by Gasteiger charge is 2.39. The van der Waals surface area contributed by atoms with Gasteiger partial charge in [0.05, 0.1) is 22.3 Å². The maximum atomic E-state index is 13.3. The number of aromatic nitrogens is 2. The lowest BCUT2D eigenvalue weighted by molar-refractivity contribution is -0.144. The Morgan fingerprint density at radius 3 is 1.02 bits per heavy atom. The van der Waals surface area contributed by atoms with Gasteiger partial charge < -0.3 is 13.3 Å². The fourth-order valence-electron chi connectivity index (χ4n) is 4.02. The van der Waals surface area contributed by atoms with E-state index in [-0.39, 0.29) is 23.7 Å². The largest absolute Gasteiger partial charge is 0.449 e. The molecule has 0 bridgehead atoms. The fourth-order valence-corrected chi connectivity index (χ4v) is 4.02. The van der Waals surface area contributed by atoms with E-state index >= 15 is 0 Å². The van der Waals surface area contributed by atoms with Gasteiger partial charge >= 0.3 is 24.7 Å². The van der Waals surface area contributed by atoms with Crippen LogP contribution in [0.15, 0.2) is 74.6 Å². The molecule has 0 unspecified atom stereocenters. The zero-order valence-electron chi connectivity index (χ0n) is 20.4. The molecule has 0 fully saturated rings. The van der Waals surface area contributed by atoms with Gasteiger partial charge in [0.2, 0.25) is 0 Å². The summed E-state index contributed by atoms with van der Waals surface area (Å²) in [5.41, 5.74) is -8.80. The predicted octanol–water partition coefficient (Wildman–Crippen LogP) is 10.00. The molecule has 0 aliphatic heterocycles. The molecule has 5 rings (SSSR count). The summed E-state index contributed by atoms with van der Waals surface area (Å²) in [6.07, 6.45) is -19.2. The van der Waals surface area contributed by atoms with Crippen molar-refractivity contribution in [1.82, 2.24) is 9.97 Å². The van der Waals surface area contributed by atoms with Gasteiger partial charge in [-0.3, -0.25) is 0 Å². The summed E-state index contributed by atoms with van der Waals surface area (Å²) in [6, 6.07) is 3.66. The van der Waals surface area contributed by atoms with Gasteiger partial charge in [0, 0.05) is 11.1 Å². The minimum absolute atomic E-state index is 0.0856. The molecule has 3 heterocycles. The standard InChI is InChI=1S/C26H10F12N2O3/c27-23(28,29)13-3-11(4-14(7-13)24(30,31)32)19-21(41-9-39-19)17-1-2-18(43-17)22-20(40-10-42-22)12-5-15(25(33,34)35)8-16(6-12)26(36,37)38/h1-10H. The molecule has 0 saturated carbocycles. The van der Waals surface area contributed by atoms with Gasteiger partial charge in [-0.05, 0) is 48.5 Å². The van der Waals surface area contributed by atoms with Gasteiger partial charge in [-0.1, -0.05) is 0 Å². The molecular weight excluding hydrogens is 616 g/mol. The maximum Gasteiger partial charge on any atom is 0.416 e. The highest BCUT2D eigenvalue weighted by molar-refractivity contribution is 5.79. The van der Waals surface area contributed by atoms with Crippen LogP contribution in [0.2, 0.25) is 0 Å². The van der Waals surface area contributed by atoms with E-state index in [0.29, 0.717) is 37.1 Å². The molecule has 17 heteroatoms. The van der Waals surface area contributed by atoms with E-state index in [4.69, 9.17) is 13.3 Å². The molecule has 2 aromatic carbocycles. The monoisotopic (exact) mass is 626 g/mol. The zero-order chi connectivity index (χ0) is 31.5. The quantitative estimate of drug-likeness (QED) is 0.186. The first-order chi connectivity index (χ1) is 19.8. The molecule has 0 aliphatic rings. The first kappa shape index (κ1) is 29.8. The van der Waals surface area contributed by atoms with E-state index in [1.165, 1.54) is 0 Å². The average Bonchev–Trinajstić information content (AvgIpc) is 3.66. The summed E-state index contributed by atoms with van der Waals surface area (Å²) < 4.78 is 176. The molecule has 0 saturated heterocycles. The van der Waals surface area contributed by atoms with Gasteiger partial charge in [-0.15, -0.1) is 0 Å². The van der Waals surface area contributed by atoms with Crippen LogP contribution >= 0.6 is 0 Å². The average molecular weight is 626 g/mol. The van der Waals surface area contributed by atoms with Crippen LogP contribution in [0.4, 0.5) is 52.7 Å². The van der Waals surface area contributed by atoms with E-state index in [1.807, 2.05) is 0 Å². The lowest BCUT2D eigenvalue weighted by atomic mass is 10.0. The van der Waals surface area contributed by atoms with Gasteiger partial charge in [-0.2, -0.15) is 52.7 Å². The molecule has 0 radical (unpaired) electrons. The Morgan fingerprint density at radius 1 is 0.442 bits per heavy atom. The topological polar surface area (TPSA) is 65.2 Å². The number of oxazole rings is 2. The van der Waals surface area contributed by atoms with E-state index in [9.17, 15) is 52.7 Å². The molecule has 5 aromatic rings. The third kappa shape index (κ3) is 5.96. The second-order valence-corrected chi connectivity index (χ2v) is 8.81. The van der Waals surface area contributed by atoms with Crippen molar-refractivity contribution in [2.24, 2.45) is 0 Å². The van der Waals surface area contributed by atoms with Crippen LogP contribution < -0.4 is 0 Å².